The molecular weight excluding hydrogens is 628 g/mol. The average molecular weight is 701 g/mol. The summed E-state index contributed by atoms with van der Waals surface area (Å²) in [7, 11) is 0. The van der Waals surface area contributed by atoms with E-state index in [0.29, 0.717) is 11.5 Å². The molecule has 0 saturated carbocycles. The maximum Gasteiger partial charge on any atom is 0.133 e. The number of hydrogen-bond donors (Lipinski definition) is 8. The summed E-state index contributed by atoms with van der Waals surface area (Å²) in [5, 5.41) is 36.9. The molecule has 2 aromatic carbocycles. The summed E-state index contributed by atoms with van der Waals surface area (Å²) >= 11 is 0. The van der Waals surface area contributed by atoms with E-state index in [1.54, 1.807) is 0 Å². The van der Waals surface area contributed by atoms with E-state index in [1.807, 2.05) is 0 Å². The number of phenolic OH excluding ortho intramolecular Hbond substituents is 2. The number of benzene rings is 2. The predicted octanol–water partition coefficient (Wildman–Crippen LogP) is -5.96. The molecule has 0 spiro atoms. The van der Waals surface area contributed by atoms with E-state index in [0.717, 1.165) is 179 Å². The maximum atomic E-state index is 11.2. The molecule has 0 amide bonds. The molecule has 4 atom stereocenters. The fourth-order valence-electron chi connectivity index (χ4n) is 7.91. The lowest BCUT2D eigenvalue weighted by atomic mass is 10.0. The summed E-state index contributed by atoms with van der Waals surface area (Å²) in [5.41, 5.74) is 6.74. The Balaban J connectivity index is 1.23. The number of nitrogens with two attached hydrogens (primary N) is 6. The second kappa shape index (κ2) is 21.2. The Bertz CT molecular complexity index is 1110. The molecule has 0 radical (unpaired) electrons. The van der Waals surface area contributed by atoms with Gasteiger partial charge in [0.15, 0.2) is 0 Å². The van der Waals surface area contributed by atoms with E-state index in [4.69, 9.17) is 0 Å². The summed E-state index contributed by atoms with van der Waals surface area (Å²) in [6, 6.07) is 8.69. The second-order valence-corrected chi connectivity index (χ2v) is 15.1. The van der Waals surface area contributed by atoms with Gasteiger partial charge in [-0.3, -0.25) is 19.6 Å². The van der Waals surface area contributed by atoms with Crippen molar-refractivity contribution in [3.63, 3.8) is 0 Å². The van der Waals surface area contributed by atoms with Gasteiger partial charge in [0, 0.05) is 101 Å². The maximum absolute atomic E-state index is 11.2. The Labute approximate surface area is 301 Å². The molecule has 2 fully saturated rings. The molecule has 2 aromatic rings. The summed E-state index contributed by atoms with van der Waals surface area (Å²) in [6.45, 7) is 29.5. The number of aryl methyl sites for hydroxylation is 2. The molecular formula is C38H72N10O2+6. The van der Waals surface area contributed by atoms with Crippen LogP contribution in [0.5, 0.6) is 11.5 Å². The van der Waals surface area contributed by atoms with E-state index >= 15 is 0 Å². The first kappa shape index (κ1) is 38.9. The average Bonchev–Trinajstić information content (AvgIpc) is 3.29. The topological polar surface area (TPSA) is 153 Å². The summed E-state index contributed by atoms with van der Waals surface area (Å²) in [4.78, 5) is 10.5. The van der Waals surface area contributed by atoms with Crippen molar-refractivity contribution in [2.24, 2.45) is 0 Å². The lowest BCUT2D eigenvalue weighted by Crippen LogP contribution is -2.87. The quantitative estimate of drug-likeness (QED) is 0.137. The van der Waals surface area contributed by atoms with Gasteiger partial charge in [0.2, 0.25) is 0 Å². The van der Waals surface area contributed by atoms with Gasteiger partial charge in [-0.1, -0.05) is 0 Å². The normalized spacial score (nSPS) is 26.8. The van der Waals surface area contributed by atoms with Crippen LogP contribution in [0.2, 0.25) is 0 Å². The van der Waals surface area contributed by atoms with Crippen LogP contribution in [0.3, 0.4) is 0 Å². The fraction of sp³-hybridized carbons (Fsp3) is 0.684. The molecule has 12 heteroatoms. The lowest BCUT2D eigenvalue weighted by Gasteiger charge is -2.24. The van der Waals surface area contributed by atoms with Crippen LogP contribution in [0.1, 0.15) is 33.4 Å². The number of nitrogens with zero attached hydrogens (tertiary/aromatic N) is 4. The van der Waals surface area contributed by atoms with E-state index in [2.05, 4.69) is 89.6 Å². The van der Waals surface area contributed by atoms with Crippen molar-refractivity contribution in [1.82, 2.24) is 19.6 Å². The highest BCUT2D eigenvalue weighted by molar-refractivity contribution is 5.43. The third kappa shape index (κ3) is 13.0. The summed E-state index contributed by atoms with van der Waals surface area (Å²) < 4.78 is 0. The Morgan fingerprint density at radius 2 is 0.580 bits per heavy atom. The molecule has 2 saturated heterocycles. The van der Waals surface area contributed by atoms with Crippen LogP contribution in [0, 0.1) is 13.8 Å². The van der Waals surface area contributed by atoms with Crippen molar-refractivity contribution in [2.45, 2.75) is 40.0 Å². The van der Waals surface area contributed by atoms with E-state index in [-0.39, 0.29) is 0 Å². The molecule has 3 heterocycles. The van der Waals surface area contributed by atoms with Crippen molar-refractivity contribution in [1.29, 1.82) is 0 Å². The second-order valence-electron chi connectivity index (χ2n) is 15.1. The van der Waals surface area contributed by atoms with Crippen molar-refractivity contribution in [3.8, 4) is 11.5 Å². The van der Waals surface area contributed by atoms with Gasteiger partial charge in [0.05, 0.1) is 52.4 Å². The molecule has 4 unspecified atom stereocenters. The number of quaternary nitrogens is 6. The zero-order chi connectivity index (χ0) is 35.0. The first-order chi connectivity index (χ1) is 24.4. The molecule has 3 aliphatic heterocycles. The lowest BCUT2D eigenvalue weighted by molar-refractivity contribution is -0.672. The summed E-state index contributed by atoms with van der Waals surface area (Å²) in [6.07, 6.45) is 0. The Morgan fingerprint density at radius 3 is 0.820 bits per heavy atom. The van der Waals surface area contributed by atoms with Gasteiger partial charge in [0.1, 0.15) is 37.7 Å². The van der Waals surface area contributed by atoms with Crippen LogP contribution >= 0.6 is 0 Å². The predicted molar refractivity (Wildman–Crippen MR) is 197 cm³/mol. The Hall–Kier alpha value is -2.36. The first-order valence-electron chi connectivity index (χ1n) is 19.9. The third-order valence-electron chi connectivity index (χ3n) is 10.9. The molecule has 0 aliphatic carbocycles. The van der Waals surface area contributed by atoms with Gasteiger partial charge in [-0.05, 0) is 49.2 Å². The van der Waals surface area contributed by atoms with Gasteiger partial charge >= 0.3 is 0 Å². The third-order valence-corrected chi connectivity index (χ3v) is 10.9. The van der Waals surface area contributed by atoms with Crippen molar-refractivity contribution in [2.75, 3.05) is 131 Å². The van der Waals surface area contributed by atoms with Gasteiger partial charge in [-0.2, -0.15) is 0 Å². The number of hydrogen-bond acceptors (Lipinski definition) is 6. The zero-order valence-corrected chi connectivity index (χ0v) is 31.4. The molecule has 8 bridgehead atoms. The molecule has 5 rings (SSSR count). The highest BCUT2D eigenvalue weighted by Gasteiger charge is 2.19. The monoisotopic (exact) mass is 701 g/mol. The van der Waals surface area contributed by atoms with Crippen molar-refractivity contribution < 1.29 is 42.1 Å². The SMILES string of the molecule is Cc1cc2c(O)c(c1)C[NH2+]CCN1CC[NH2+]CCN(CC[NH2+]Cc3cc(C)cc(c3O)C[NH2+]CCN3CC[NH2+]CCN(CC[NH2+]C2)CC3)CC1. The number of phenols is 2. The molecule has 280 valence electrons. The number of fused-ring (bicyclic) bond motifs is 10. The number of aromatic hydroxyl groups is 2. The first-order valence-corrected chi connectivity index (χ1v) is 19.9. The number of rotatable bonds is 0. The summed E-state index contributed by atoms with van der Waals surface area (Å²) in [5.74, 6) is 0.991. The molecule has 50 heavy (non-hydrogen) atoms. The van der Waals surface area contributed by atoms with Crippen LogP contribution in [0.4, 0.5) is 0 Å². The van der Waals surface area contributed by atoms with Crippen molar-refractivity contribution >= 4 is 0 Å². The van der Waals surface area contributed by atoms with Crippen LogP contribution in [-0.4, -0.2) is 161 Å². The minimum atomic E-state index is 0.495. The van der Waals surface area contributed by atoms with Crippen LogP contribution in [0.25, 0.3) is 0 Å². The van der Waals surface area contributed by atoms with Crippen molar-refractivity contribution in [3.05, 3.63) is 57.6 Å². The molecule has 0 aromatic heterocycles. The largest absolute Gasteiger partial charge is 0.507 e. The Kier molecular flexibility index (Phi) is 16.5. The molecule has 12 nitrogen and oxygen atoms in total. The highest BCUT2D eigenvalue weighted by Crippen LogP contribution is 2.24. The van der Waals surface area contributed by atoms with Gasteiger partial charge < -0.3 is 42.1 Å². The van der Waals surface area contributed by atoms with Gasteiger partial charge in [-0.25, -0.2) is 0 Å². The van der Waals surface area contributed by atoms with Crippen LogP contribution in [0.15, 0.2) is 24.3 Å². The minimum Gasteiger partial charge on any atom is -0.507 e. The smallest absolute Gasteiger partial charge is 0.133 e. The van der Waals surface area contributed by atoms with Gasteiger partial charge in [0.25, 0.3) is 0 Å². The molecule has 14 N–H and O–H groups in total. The Morgan fingerprint density at radius 1 is 0.360 bits per heavy atom. The highest BCUT2D eigenvalue weighted by atomic mass is 16.3. The zero-order valence-electron chi connectivity index (χ0n) is 31.4. The van der Waals surface area contributed by atoms with Crippen LogP contribution in [-0.2, 0) is 26.2 Å². The van der Waals surface area contributed by atoms with Crippen LogP contribution < -0.4 is 31.9 Å². The van der Waals surface area contributed by atoms with E-state index in [1.165, 1.54) is 11.1 Å². The minimum absolute atomic E-state index is 0.495. The van der Waals surface area contributed by atoms with Gasteiger partial charge in [-0.15, -0.1) is 0 Å². The fourth-order valence-corrected chi connectivity index (χ4v) is 7.91. The van der Waals surface area contributed by atoms with E-state index in [9.17, 15) is 10.2 Å². The van der Waals surface area contributed by atoms with E-state index < -0.39 is 0 Å². The standard InChI is InChI=1S/C38H66N10O2/c1-31-23-33-27-41-7-15-45-11-3-39-5-13-47(21-19-45)17-9-43-29-35-25-32(2)26-36(38(35)50)30-44-10-18-48-14-6-40-4-12-46(20-22-48)16-8-42-28-34(24-31)37(33)49/h23-26,39-44,49-50H,3-22,27-30H2,1-2H3/p+6. The molecule has 3 aliphatic rings.